The number of carbonyl (C=O) groups excluding carboxylic acids is 1. The molecule has 0 bridgehead atoms. The summed E-state index contributed by atoms with van der Waals surface area (Å²) >= 11 is 4.00. The zero-order valence-electron chi connectivity index (χ0n) is 16.5. The molecule has 1 heterocycles. The molecule has 0 aliphatic carbocycles. The summed E-state index contributed by atoms with van der Waals surface area (Å²) in [5, 5.41) is 9.16. The molecule has 11 heteroatoms. The van der Waals surface area contributed by atoms with E-state index in [9.17, 15) is 18.0 Å². The predicted molar refractivity (Wildman–Crippen MR) is 124 cm³/mol. The Hall–Kier alpha value is -1.82. The Morgan fingerprint density at radius 3 is 2.26 bits per heavy atom. The second-order valence-electron chi connectivity index (χ2n) is 6.88. The van der Waals surface area contributed by atoms with E-state index in [1.165, 1.54) is 14.2 Å². The molecule has 0 fully saturated rings. The lowest BCUT2D eigenvalue weighted by Crippen LogP contribution is -2.47. The first-order chi connectivity index (χ1) is 14.6. The summed E-state index contributed by atoms with van der Waals surface area (Å²) < 4.78 is 52.0. The van der Waals surface area contributed by atoms with Crippen LogP contribution < -0.4 is 9.47 Å². The fraction of sp³-hybridized carbons (Fsp3) is 0.350. The maximum Gasteiger partial charge on any atom is 0.471 e. The van der Waals surface area contributed by atoms with Gasteiger partial charge in [-0.25, -0.2) is 0 Å². The molecule has 0 saturated heterocycles. The minimum atomic E-state index is -4.98. The Morgan fingerprint density at radius 1 is 1.16 bits per heavy atom. The Morgan fingerprint density at radius 2 is 1.74 bits per heavy atom. The van der Waals surface area contributed by atoms with Crippen LogP contribution in [0.5, 0.6) is 11.5 Å². The molecule has 3 rings (SSSR count). The number of rotatable bonds is 4. The number of ether oxygens (including phenoxy) is 2. The van der Waals surface area contributed by atoms with Gasteiger partial charge < -0.3 is 14.4 Å². The molecule has 1 aliphatic rings. The van der Waals surface area contributed by atoms with Gasteiger partial charge >= 0.3 is 17.8 Å². The summed E-state index contributed by atoms with van der Waals surface area (Å²) in [7, 11) is 2.93. The Labute approximate surface area is 204 Å². The lowest BCUT2D eigenvalue weighted by atomic mass is 9.88. The van der Waals surface area contributed by atoms with Crippen LogP contribution >= 0.6 is 45.2 Å². The van der Waals surface area contributed by atoms with Gasteiger partial charge in [0, 0.05) is 6.54 Å². The quantitative estimate of drug-likeness (QED) is 0.316. The Kier molecular flexibility index (Phi) is 7.19. The van der Waals surface area contributed by atoms with E-state index in [0.29, 0.717) is 35.5 Å². The molecule has 1 atom stereocenters. The third-order valence-electron chi connectivity index (χ3n) is 5.11. The molecule has 2 aromatic carbocycles. The highest BCUT2D eigenvalue weighted by Gasteiger charge is 2.46. The minimum Gasteiger partial charge on any atom is -0.493 e. The smallest absolute Gasteiger partial charge is 0.471 e. The Balaban J connectivity index is 2.12. The van der Waals surface area contributed by atoms with E-state index in [1.54, 1.807) is 24.3 Å². The first-order valence-electron chi connectivity index (χ1n) is 9.06. The molecule has 6 nitrogen and oxygen atoms in total. The molecule has 1 amide bonds. The minimum absolute atomic E-state index is 0.0657. The maximum absolute atomic E-state index is 13.3. The van der Waals surface area contributed by atoms with E-state index in [-0.39, 0.29) is 19.4 Å². The highest BCUT2D eigenvalue weighted by Crippen LogP contribution is 2.41. The van der Waals surface area contributed by atoms with Gasteiger partial charge in [0.2, 0.25) is 5.39 Å². The van der Waals surface area contributed by atoms with Gasteiger partial charge in [-0.2, -0.15) is 13.2 Å². The zero-order valence-corrected chi connectivity index (χ0v) is 20.8. The molecule has 164 valence electrons. The number of nitrogens with zero attached hydrogens (tertiary/aromatic N) is 3. The van der Waals surface area contributed by atoms with Crippen molar-refractivity contribution in [3.63, 3.8) is 0 Å². The topological polar surface area (TPSA) is 66.9 Å². The monoisotopic (exact) mass is 658 g/mol. The number of benzene rings is 2. The molecule has 0 spiro atoms. The predicted octanol–water partition coefficient (Wildman–Crippen LogP) is 5.63. The van der Waals surface area contributed by atoms with Crippen molar-refractivity contribution in [1.82, 2.24) is 4.90 Å². The molecule has 0 N–H and O–H groups in total. The molecule has 0 aromatic heterocycles. The second kappa shape index (κ2) is 9.35. The summed E-state index contributed by atoms with van der Waals surface area (Å²) in [6, 6.07) is 6.02. The van der Waals surface area contributed by atoms with E-state index in [1.807, 2.05) is 45.2 Å². The van der Waals surface area contributed by atoms with Gasteiger partial charge in [-0.1, -0.05) is 0 Å². The molecule has 1 unspecified atom stereocenters. The number of fused-ring (bicyclic) bond motifs is 1. The van der Waals surface area contributed by atoms with E-state index in [4.69, 9.17) is 14.9 Å². The van der Waals surface area contributed by atoms with Crippen LogP contribution in [0.1, 0.15) is 22.7 Å². The van der Waals surface area contributed by atoms with Crippen molar-refractivity contribution >= 4 is 56.8 Å². The molecule has 0 radical (unpaired) electrons. The van der Waals surface area contributed by atoms with Gasteiger partial charge in [0.05, 0.1) is 20.3 Å². The van der Waals surface area contributed by atoms with Crippen LogP contribution in [0.25, 0.3) is 4.98 Å². The number of halogens is 5. The van der Waals surface area contributed by atoms with Crippen molar-refractivity contribution in [3.8, 4) is 11.5 Å². The summed E-state index contributed by atoms with van der Waals surface area (Å²) in [5.41, 5.74) is 2.50. The van der Waals surface area contributed by atoms with Crippen LogP contribution in [-0.2, 0) is 17.6 Å². The maximum atomic E-state index is 13.3. The van der Waals surface area contributed by atoms with Gasteiger partial charge in [0.25, 0.3) is 0 Å². The lowest BCUT2D eigenvalue weighted by Gasteiger charge is -2.38. The number of hydrogen-bond donors (Lipinski definition) is 0. The average Bonchev–Trinajstić information content (AvgIpc) is 2.71. The van der Waals surface area contributed by atoms with Crippen molar-refractivity contribution in [1.29, 1.82) is 5.39 Å². The van der Waals surface area contributed by atoms with Crippen molar-refractivity contribution in [2.24, 2.45) is 0 Å². The summed E-state index contributed by atoms with van der Waals surface area (Å²) in [6.07, 6.45) is -4.55. The van der Waals surface area contributed by atoms with Gasteiger partial charge in [-0.05, 0) is 99.0 Å². The third kappa shape index (κ3) is 4.84. The molecule has 1 aliphatic heterocycles. The largest absolute Gasteiger partial charge is 0.493 e. The molecular weight excluding hydrogens is 641 g/mol. The van der Waals surface area contributed by atoms with E-state index < -0.39 is 18.1 Å². The Bertz CT molecular complexity index is 1050. The van der Waals surface area contributed by atoms with E-state index in [2.05, 4.69) is 4.98 Å². The van der Waals surface area contributed by atoms with Gasteiger partial charge in [-0.3, -0.25) is 4.79 Å². The average molecular weight is 658 g/mol. The van der Waals surface area contributed by atoms with Crippen LogP contribution in [0.15, 0.2) is 24.3 Å². The van der Waals surface area contributed by atoms with Gasteiger partial charge in [0.1, 0.15) is 7.14 Å². The highest BCUT2D eigenvalue weighted by atomic mass is 127. The number of hydrogen-bond acceptors (Lipinski definition) is 4. The fourth-order valence-electron chi connectivity index (χ4n) is 3.71. The molecule has 31 heavy (non-hydrogen) atoms. The number of carbonyl (C=O) groups is 1. The highest BCUT2D eigenvalue weighted by molar-refractivity contribution is 14.1. The first-order valence-corrected chi connectivity index (χ1v) is 11.2. The number of alkyl halides is 3. The van der Waals surface area contributed by atoms with Crippen LogP contribution in [0, 0.1) is 12.5 Å². The lowest BCUT2D eigenvalue weighted by molar-refractivity contribution is -0.188. The van der Waals surface area contributed by atoms with Crippen molar-refractivity contribution in [3.05, 3.63) is 53.1 Å². The van der Waals surface area contributed by atoms with Gasteiger partial charge in [-0.15, -0.1) is 0 Å². The normalized spacial score (nSPS) is 15.8. The van der Waals surface area contributed by atoms with Crippen LogP contribution in [0.4, 0.5) is 18.9 Å². The van der Waals surface area contributed by atoms with Crippen molar-refractivity contribution < 1.29 is 27.4 Å². The van der Waals surface area contributed by atoms with E-state index in [0.717, 1.165) is 10.5 Å². The number of amides is 1. The van der Waals surface area contributed by atoms with Gasteiger partial charge in [0.15, 0.2) is 16.5 Å². The first kappa shape index (κ1) is 23.8. The summed E-state index contributed by atoms with van der Waals surface area (Å²) in [5.74, 6) is -1.01. The van der Waals surface area contributed by atoms with Crippen LogP contribution in [0.2, 0.25) is 0 Å². The standard InChI is InChI=1S/C20H17F3I2N3O3/c1-30-16-8-11-3-4-28(19(29)20(21,22)23)15(12(11)9-17(16)31-2)7-10-5-13(24)18(27-26)14(25)6-10/h5-6,8-9,15H,3-4,7H2,1-2H3/q+1. The second-order valence-corrected chi connectivity index (χ2v) is 9.20. The number of methoxy groups -OCH3 is 2. The molecule has 2 aromatic rings. The molecular formula is C20H17F3I2N3O3+. The molecule has 0 saturated carbocycles. The summed E-state index contributed by atoms with van der Waals surface area (Å²) in [6.45, 7) is -0.0657. The summed E-state index contributed by atoms with van der Waals surface area (Å²) in [4.78, 5) is 16.4. The van der Waals surface area contributed by atoms with Crippen LogP contribution in [0.3, 0.4) is 0 Å². The zero-order chi connectivity index (χ0) is 22.9. The van der Waals surface area contributed by atoms with E-state index >= 15 is 0 Å². The fourth-order valence-corrected chi connectivity index (χ4v) is 5.82. The number of diazo groups is 1. The third-order valence-corrected chi connectivity index (χ3v) is 6.76. The SMILES string of the molecule is COc1cc2c(cc1OC)C(Cc1cc(I)c([N+]#N)c(I)c1)N(C(=O)C(F)(F)F)CC2. The van der Waals surface area contributed by atoms with Crippen molar-refractivity contribution in [2.75, 3.05) is 20.8 Å². The van der Waals surface area contributed by atoms with Crippen molar-refractivity contribution in [2.45, 2.75) is 25.1 Å². The van der Waals surface area contributed by atoms with Crippen LogP contribution in [-0.4, -0.2) is 37.7 Å².